The molecule has 102 valence electrons. The molecule has 1 atom stereocenters. The summed E-state index contributed by atoms with van der Waals surface area (Å²) in [5.74, 6) is -1.71. The molecule has 8 heteroatoms. The van der Waals surface area contributed by atoms with E-state index in [1.165, 1.54) is 0 Å². The zero-order valence-corrected chi connectivity index (χ0v) is 9.46. The maximum Gasteiger partial charge on any atom is 0.411 e. The van der Waals surface area contributed by atoms with Gasteiger partial charge in [0.1, 0.15) is 5.54 Å². The van der Waals surface area contributed by atoms with E-state index < -0.39 is 29.6 Å². The second kappa shape index (κ2) is 4.03. The number of alkyl halides is 3. The van der Waals surface area contributed by atoms with Gasteiger partial charge < -0.3 is 15.3 Å². The fourth-order valence-corrected chi connectivity index (χ4v) is 2.03. The van der Waals surface area contributed by atoms with E-state index in [0.29, 0.717) is 0 Å². The van der Waals surface area contributed by atoms with Crippen molar-refractivity contribution >= 4 is 12.0 Å². The monoisotopic (exact) mass is 266 g/mol. The third-order valence-corrected chi connectivity index (χ3v) is 3.46. The number of likely N-dealkylation sites (tertiary alicyclic amines) is 1. The summed E-state index contributed by atoms with van der Waals surface area (Å²) in [5.41, 5.74) is -2.09. The van der Waals surface area contributed by atoms with Crippen LogP contribution in [-0.2, 0) is 4.79 Å². The minimum absolute atomic E-state index is 0.0326. The van der Waals surface area contributed by atoms with Crippen molar-refractivity contribution in [3.8, 4) is 0 Å². The highest BCUT2D eigenvalue weighted by Crippen LogP contribution is 2.49. The van der Waals surface area contributed by atoms with Crippen LogP contribution in [0.2, 0.25) is 0 Å². The molecule has 1 unspecified atom stereocenters. The minimum atomic E-state index is -4.45. The summed E-state index contributed by atoms with van der Waals surface area (Å²) in [5, 5.41) is 10.7. The molecule has 1 aliphatic heterocycles. The van der Waals surface area contributed by atoms with E-state index in [2.05, 4.69) is 0 Å². The second-order valence-electron chi connectivity index (χ2n) is 4.78. The van der Waals surface area contributed by atoms with Crippen LogP contribution in [0.3, 0.4) is 0 Å². The van der Waals surface area contributed by atoms with Crippen LogP contribution in [0.5, 0.6) is 0 Å². The number of halogens is 3. The van der Waals surface area contributed by atoms with Gasteiger partial charge in [0.2, 0.25) is 0 Å². The molecule has 0 aromatic rings. The second-order valence-corrected chi connectivity index (χ2v) is 4.78. The Morgan fingerprint density at radius 1 is 1.33 bits per heavy atom. The smallest absolute Gasteiger partial charge is 0.411 e. The third kappa shape index (κ3) is 2.23. The van der Waals surface area contributed by atoms with Gasteiger partial charge in [0.15, 0.2) is 0 Å². The number of carboxylic acids is 1. The Hall–Kier alpha value is -1.47. The summed E-state index contributed by atoms with van der Waals surface area (Å²) in [4.78, 5) is 23.5. The Labute approximate surface area is 101 Å². The van der Waals surface area contributed by atoms with Gasteiger partial charge in [0.05, 0.1) is 5.92 Å². The molecular formula is C10H13F3N2O3. The van der Waals surface area contributed by atoms with E-state index in [9.17, 15) is 22.8 Å². The number of aliphatic carboxylic acids is 1. The Balaban J connectivity index is 1.92. The first-order valence-electron chi connectivity index (χ1n) is 5.62. The largest absolute Gasteiger partial charge is 0.481 e. The van der Waals surface area contributed by atoms with Gasteiger partial charge in [-0.3, -0.25) is 4.79 Å². The van der Waals surface area contributed by atoms with Crippen LogP contribution >= 0.6 is 0 Å². The van der Waals surface area contributed by atoms with Gasteiger partial charge >= 0.3 is 18.2 Å². The fraction of sp³-hybridized carbons (Fsp3) is 0.800. The maximum absolute atomic E-state index is 12.6. The average Bonchev–Trinajstić information content (AvgIpc) is 2.87. The lowest BCUT2D eigenvalue weighted by Crippen LogP contribution is -2.52. The van der Waals surface area contributed by atoms with Crippen molar-refractivity contribution in [1.29, 1.82) is 0 Å². The van der Waals surface area contributed by atoms with E-state index in [1.807, 2.05) is 5.32 Å². The first-order valence-corrected chi connectivity index (χ1v) is 5.62. The molecule has 1 aliphatic carbocycles. The Morgan fingerprint density at radius 2 is 1.94 bits per heavy atom. The lowest BCUT2D eigenvalue weighted by molar-refractivity contribution is -0.163. The Bertz CT molecular complexity index is 379. The lowest BCUT2D eigenvalue weighted by atomic mass is 10.1. The van der Waals surface area contributed by atoms with Crippen molar-refractivity contribution in [3.63, 3.8) is 0 Å². The minimum Gasteiger partial charge on any atom is -0.481 e. The fourth-order valence-electron chi connectivity index (χ4n) is 2.03. The number of nitrogens with zero attached hydrogens (tertiary/aromatic N) is 1. The molecule has 2 rings (SSSR count). The first-order chi connectivity index (χ1) is 8.25. The molecule has 18 heavy (non-hydrogen) atoms. The van der Waals surface area contributed by atoms with Crippen LogP contribution in [0.15, 0.2) is 0 Å². The summed E-state index contributed by atoms with van der Waals surface area (Å²) in [6, 6.07) is -0.825. The van der Waals surface area contributed by atoms with Gasteiger partial charge in [-0.15, -0.1) is 0 Å². The summed E-state index contributed by atoms with van der Waals surface area (Å²) >= 11 is 0. The van der Waals surface area contributed by atoms with Crippen molar-refractivity contribution in [2.45, 2.75) is 31.0 Å². The normalized spacial score (nSPS) is 25.9. The highest BCUT2D eigenvalue weighted by molar-refractivity contribution is 5.78. The first kappa shape index (κ1) is 13.0. The van der Waals surface area contributed by atoms with Gasteiger partial charge in [0.25, 0.3) is 0 Å². The molecule has 5 nitrogen and oxygen atoms in total. The number of urea groups is 1. The molecule has 0 spiro atoms. The Kier molecular flexibility index (Phi) is 2.90. The summed E-state index contributed by atoms with van der Waals surface area (Å²) in [7, 11) is 0. The number of hydrogen-bond acceptors (Lipinski definition) is 2. The van der Waals surface area contributed by atoms with Gasteiger partial charge in [-0.1, -0.05) is 0 Å². The van der Waals surface area contributed by atoms with Crippen LogP contribution in [0, 0.1) is 5.92 Å². The van der Waals surface area contributed by atoms with Gasteiger partial charge in [-0.25, -0.2) is 4.79 Å². The topological polar surface area (TPSA) is 69.6 Å². The van der Waals surface area contributed by atoms with Crippen LogP contribution < -0.4 is 5.32 Å². The molecular weight excluding hydrogens is 253 g/mol. The molecule has 2 N–H and O–H groups in total. The van der Waals surface area contributed by atoms with Crippen LogP contribution in [0.1, 0.15) is 19.3 Å². The predicted molar refractivity (Wildman–Crippen MR) is 53.9 cm³/mol. The summed E-state index contributed by atoms with van der Waals surface area (Å²) < 4.78 is 37.9. The molecule has 0 aromatic carbocycles. The predicted octanol–water partition coefficient (Wildman–Crippen LogP) is 1.20. The molecule has 2 amide bonds. The number of nitrogens with one attached hydrogen (secondary N) is 1. The SMILES string of the molecule is O=C(O)C1CCN(C(=O)NC2(C(F)(F)F)CC2)C1. The van der Waals surface area contributed by atoms with Crippen LogP contribution in [-0.4, -0.2) is 46.8 Å². The zero-order chi connectivity index (χ0) is 13.6. The molecule has 1 saturated carbocycles. The number of rotatable bonds is 2. The van der Waals surface area contributed by atoms with E-state index >= 15 is 0 Å². The quantitative estimate of drug-likeness (QED) is 0.789. The van der Waals surface area contributed by atoms with Crippen molar-refractivity contribution in [2.75, 3.05) is 13.1 Å². The number of hydrogen-bond donors (Lipinski definition) is 2. The van der Waals surface area contributed by atoms with Crippen LogP contribution in [0.4, 0.5) is 18.0 Å². The molecule has 0 bridgehead atoms. The number of carbonyl (C=O) groups is 2. The summed E-state index contributed by atoms with van der Waals surface area (Å²) in [6.07, 6.45) is -4.40. The number of amides is 2. The third-order valence-electron chi connectivity index (χ3n) is 3.46. The maximum atomic E-state index is 12.6. The van der Waals surface area contributed by atoms with E-state index in [4.69, 9.17) is 5.11 Å². The Morgan fingerprint density at radius 3 is 2.33 bits per heavy atom. The number of carboxylic acid groups (broad SMARTS) is 1. The van der Waals surface area contributed by atoms with Crippen molar-refractivity contribution < 1.29 is 27.9 Å². The molecule has 1 saturated heterocycles. The van der Waals surface area contributed by atoms with Gasteiger partial charge in [-0.2, -0.15) is 13.2 Å². The van der Waals surface area contributed by atoms with E-state index in [-0.39, 0.29) is 32.4 Å². The standard InChI is InChI=1S/C10H13F3N2O3/c11-10(12,13)9(2-3-9)14-8(18)15-4-1-6(5-15)7(16)17/h6H,1-5H2,(H,14,18)(H,16,17). The van der Waals surface area contributed by atoms with E-state index in [0.717, 1.165) is 4.90 Å². The van der Waals surface area contributed by atoms with Gasteiger partial charge in [-0.05, 0) is 19.3 Å². The molecule has 0 radical (unpaired) electrons. The van der Waals surface area contributed by atoms with Gasteiger partial charge in [0, 0.05) is 13.1 Å². The molecule has 0 aromatic heterocycles. The van der Waals surface area contributed by atoms with E-state index in [1.54, 1.807) is 0 Å². The highest BCUT2D eigenvalue weighted by atomic mass is 19.4. The average molecular weight is 266 g/mol. The van der Waals surface area contributed by atoms with Crippen molar-refractivity contribution in [1.82, 2.24) is 10.2 Å². The van der Waals surface area contributed by atoms with Crippen molar-refractivity contribution in [3.05, 3.63) is 0 Å². The van der Waals surface area contributed by atoms with Crippen molar-refractivity contribution in [2.24, 2.45) is 5.92 Å². The summed E-state index contributed by atoms with van der Waals surface area (Å²) in [6.45, 7) is 0.145. The highest BCUT2D eigenvalue weighted by Gasteiger charge is 2.64. The zero-order valence-electron chi connectivity index (χ0n) is 9.46. The number of carbonyl (C=O) groups excluding carboxylic acids is 1. The molecule has 2 fully saturated rings. The molecule has 2 aliphatic rings. The van der Waals surface area contributed by atoms with Crippen LogP contribution in [0.25, 0.3) is 0 Å². The molecule has 1 heterocycles. The lowest BCUT2D eigenvalue weighted by Gasteiger charge is -2.24.